The predicted octanol–water partition coefficient (Wildman–Crippen LogP) is 5.40. The zero-order valence-electron chi connectivity index (χ0n) is 12.5. The van der Waals surface area contributed by atoms with Crippen LogP contribution in [0.5, 0.6) is 0 Å². The normalized spacial score (nSPS) is 13.7. The molecule has 0 fully saturated rings. The summed E-state index contributed by atoms with van der Waals surface area (Å²) < 4.78 is 0. The summed E-state index contributed by atoms with van der Waals surface area (Å²) in [6.07, 6.45) is 5.95. The lowest BCUT2D eigenvalue weighted by atomic mass is 9.95. The summed E-state index contributed by atoms with van der Waals surface area (Å²) in [5.74, 6) is 0. The Morgan fingerprint density at radius 3 is 2.50 bits per heavy atom. The van der Waals surface area contributed by atoms with Crippen LogP contribution in [-0.4, -0.2) is 5.11 Å². The molecular formula is C19H24O. The zero-order chi connectivity index (χ0) is 14.4. The van der Waals surface area contributed by atoms with Gasteiger partial charge in [0.05, 0.1) is 0 Å². The number of hydrogen-bond donors (Lipinski definition) is 1. The van der Waals surface area contributed by atoms with Crippen molar-refractivity contribution in [3.63, 3.8) is 0 Å². The third-order valence-corrected chi connectivity index (χ3v) is 3.67. The molecule has 2 rings (SSSR count). The van der Waals surface area contributed by atoms with Crippen LogP contribution in [0.3, 0.4) is 0 Å². The van der Waals surface area contributed by atoms with Crippen LogP contribution < -0.4 is 0 Å². The van der Waals surface area contributed by atoms with Gasteiger partial charge in [-0.05, 0) is 40.8 Å². The quantitative estimate of drug-likeness (QED) is 0.695. The molecule has 2 aromatic rings. The molecule has 1 heteroatoms. The molecule has 0 heterocycles. The Morgan fingerprint density at radius 2 is 1.80 bits per heavy atom. The van der Waals surface area contributed by atoms with Gasteiger partial charge in [0, 0.05) is 0 Å². The van der Waals surface area contributed by atoms with Crippen LogP contribution in [0.4, 0.5) is 0 Å². The molecule has 0 bridgehead atoms. The maximum atomic E-state index is 10.6. The van der Waals surface area contributed by atoms with Gasteiger partial charge in [-0.15, -0.1) is 0 Å². The Kier molecular flexibility index (Phi) is 5.37. The molecule has 1 unspecified atom stereocenters. The first-order valence-corrected chi connectivity index (χ1v) is 7.62. The van der Waals surface area contributed by atoms with E-state index >= 15 is 0 Å². The number of hydrogen-bond acceptors (Lipinski definition) is 1. The summed E-state index contributed by atoms with van der Waals surface area (Å²) in [6, 6.07) is 14.5. The first kappa shape index (κ1) is 14.8. The Labute approximate surface area is 122 Å². The van der Waals surface area contributed by atoms with Gasteiger partial charge in [-0.25, -0.2) is 0 Å². The van der Waals surface area contributed by atoms with Gasteiger partial charge in [0.1, 0.15) is 6.10 Å². The average Bonchev–Trinajstić information content (AvgIpc) is 2.50. The molecule has 2 aromatic carbocycles. The number of rotatable bonds is 6. The maximum Gasteiger partial charge on any atom is 0.100 e. The van der Waals surface area contributed by atoms with E-state index in [2.05, 4.69) is 44.2 Å². The fraction of sp³-hybridized carbons (Fsp3) is 0.368. The highest BCUT2D eigenvalue weighted by atomic mass is 16.3. The van der Waals surface area contributed by atoms with Gasteiger partial charge in [0.15, 0.2) is 0 Å². The van der Waals surface area contributed by atoms with Gasteiger partial charge in [0.2, 0.25) is 0 Å². The number of fused-ring (bicyclic) bond motifs is 1. The molecule has 0 spiro atoms. The SMILES string of the molecule is CCC/C=C(/CCC)C(O)c1ccc2ccccc2c1. The third-order valence-electron chi connectivity index (χ3n) is 3.67. The molecule has 0 aliphatic rings. The number of allylic oxidation sites excluding steroid dienone is 1. The Bertz CT molecular complexity index is 583. The van der Waals surface area contributed by atoms with Gasteiger partial charge < -0.3 is 5.11 Å². The van der Waals surface area contributed by atoms with E-state index in [4.69, 9.17) is 0 Å². The van der Waals surface area contributed by atoms with Gasteiger partial charge in [0.25, 0.3) is 0 Å². The molecule has 1 atom stereocenters. The second-order valence-corrected chi connectivity index (χ2v) is 5.33. The van der Waals surface area contributed by atoms with Crippen LogP contribution in [0.25, 0.3) is 10.8 Å². The lowest BCUT2D eigenvalue weighted by Crippen LogP contribution is -2.02. The van der Waals surface area contributed by atoms with Gasteiger partial charge in [-0.2, -0.15) is 0 Å². The molecular weight excluding hydrogens is 244 g/mol. The molecule has 106 valence electrons. The smallest absolute Gasteiger partial charge is 0.100 e. The van der Waals surface area contributed by atoms with E-state index in [0.717, 1.165) is 36.8 Å². The van der Waals surface area contributed by atoms with Crippen LogP contribution >= 0.6 is 0 Å². The number of aliphatic hydroxyl groups is 1. The largest absolute Gasteiger partial charge is 0.384 e. The minimum absolute atomic E-state index is 0.467. The standard InChI is InChI=1S/C19H24O/c1-3-5-9-16(8-4-2)19(20)18-13-12-15-10-6-7-11-17(15)14-18/h6-7,9-14,19-20H,3-5,8H2,1-2H3/b16-9-. The highest BCUT2D eigenvalue weighted by molar-refractivity contribution is 5.83. The first-order chi connectivity index (χ1) is 9.76. The van der Waals surface area contributed by atoms with Crippen molar-refractivity contribution in [2.45, 2.75) is 45.6 Å². The van der Waals surface area contributed by atoms with Crippen LogP contribution in [-0.2, 0) is 0 Å². The molecule has 1 N–H and O–H groups in total. The fourth-order valence-electron chi connectivity index (χ4n) is 2.56. The lowest BCUT2D eigenvalue weighted by Gasteiger charge is -2.16. The highest BCUT2D eigenvalue weighted by Crippen LogP contribution is 2.28. The van der Waals surface area contributed by atoms with E-state index in [1.807, 2.05) is 18.2 Å². The van der Waals surface area contributed by atoms with Crippen LogP contribution in [0.2, 0.25) is 0 Å². The van der Waals surface area contributed by atoms with E-state index in [9.17, 15) is 5.11 Å². The highest BCUT2D eigenvalue weighted by Gasteiger charge is 2.12. The molecule has 20 heavy (non-hydrogen) atoms. The minimum Gasteiger partial charge on any atom is -0.384 e. The van der Waals surface area contributed by atoms with Crippen molar-refractivity contribution < 1.29 is 5.11 Å². The Balaban J connectivity index is 2.30. The molecule has 0 saturated carbocycles. The van der Waals surface area contributed by atoms with E-state index < -0.39 is 6.10 Å². The van der Waals surface area contributed by atoms with E-state index in [1.54, 1.807) is 0 Å². The lowest BCUT2D eigenvalue weighted by molar-refractivity contribution is 0.210. The van der Waals surface area contributed by atoms with Crippen molar-refractivity contribution in [3.05, 3.63) is 59.7 Å². The van der Waals surface area contributed by atoms with Crippen LogP contribution in [0.15, 0.2) is 54.1 Å². The summed E-state index contributed by atoms with van der Waals surface area (Å²) >= 11 is 0. The molecule has 0 aromatic heterocycles. The third kappa shape index (κ3) is 3.49. The average molecular weight is 268 g/mol. The van der Waals surface area contributed by atoms with E-state index in [1.165, 1.54) is 10.8 Å². The fourth-order valence-corrected chi connectivity index (χ4v) is 2.56. The Hall–Kier alpha value is -1.60. The molecule has 0 saturated heterocycles. The topological polar surface area (TPSA) is 20.2 Å². The summed E-state index contributed by atoms with van der Waals surface area (Å²) in [5, 5.41) is 13.0. The number of benzene rings is 2. The van der Waals surface area contributed by atoms with Crippen molar-refractivity contribution >= 4 is 10.8 Å². The van der Waals surface area contributed by atoms with Crippen LogP contribution in [0.1, 0.15) is 51.2 Å². The van der Waals surface area contributed by atoms with Crippen molar-refractivity contribution in [1.82, 2.24) is 0 Å². The van der Waals surface area contributed by atoms with E-state index in [0.29, 0.717) is 0 Å². The van der Waals surface area contributed by atoms with Gasteiger partial charge in [-0.1, -0.05) is 69.2 Å². The molecule has 1 nitrogen and oxygen atoms in total. The minimum atomic E-state index is -0.467. The summed E-state index contributed by atoms with van der Waals surface area (Å²) in [5.41, 5.74) is 2.16. The van der Waals surface area contributed by atoms with Gasteiger partial charge in [-0.3, -0.25) is 0 Å². The second-order valence-electron chi connectivity index (χ2n) is 5.33. The summed E-state index contributed by atoms with van der Waals surface area (Å²) in [4.78, 5) is 0. The van der Waals surface area contributed by atoms with Crippen molar-refractivity contribution in [1.29, 1.82) is 0 Å². The first-order valence-electron chi connectivity index (χ1n) is 7.62. The Morgan fingerprint density at radius 1 is 1.05 bits per heavy atom. The van der Waals surface area contributed by atoms with Crippen molar-refractivity contribution in [2.75, 3.05) is 0 Å². The summed E-state index contributed by atoms with van der Waals surface area (Å²) in [6.45, 7) is 4.33. The van der Waals surface area contributed by atoms with Crippen LogP contribution in [0, 0.1) is 0 Å². The van der Waals surface area contributed by atoms with Crippen molar-refractivity contribution in [3.8, 4) is 0 Å². The number of aliphatic hydroxyl groups excluding tert-OH is 1. The summed E-state index contributed by atoms with van der Waals surface area (Å²) in [7, 11) is 0. The number of unbranched alkanes of at least 4 members (excludes halogenated alkanes) is 1. The maximum absolute atomic E-state index is 10.6. The second kappa shape index (κ2) is 7.25. The molecule has 0 aliphatic heterocycles. The predicted molar refractivity (Wildman–Crippen MR) is 86.8 cm³/mol. The molecule has 0 aliphatic carbocycles. The zero-order valence-corrected chi connectivity index (χ0v) is 12.5. The molecule has 0 amide bonds. The molecule has 0 radical (unpaired) electrons. The monoisotopic (exact) mass is 268 g/mol. The van der Waals surface area contributed by atoms with Gasteiger partial charge >= 0.3 is 0 Å². The van der Waals surface area contributed by atoms with E-state index in [-0.39, 0.29) is 0 Å². The van der Waals surface area contributed by atoms with Crippen molar-refractivity contribution in [2.24, 2.45) is 0 Å².